The van der Waals surface area contributed by atoms with E-state index in [9.17, 15) is 18.0 Å². The molecular weight excluding hydrogens is 575 g/mol. The van der Waals surface area contributed by atoms with Gasteiger partial charge in [0.1, 0.15) is 0 Å². The van der Waals surface area contributed by atoms with Crippen LogP contribution in [0.3, 0.4) is 0 Å². The van der Waals surface area contributed by atoms with E-state index >= 15 is 0 Å². The Labute approximate surface area is 249 Å². The van der Waals surface area contributed by atoms with Crippen LogP contribution in [-0.4, -0.2) is 69.8 Å². The number of alkyl halides is 3. The number of nitrogens with zero attached hydrogens (tertiary/aromatic N) is 5. The predicted molar refractivity (Wildman–Crippen MR) is 159 cm³/mol. The standard InChI is InChI=1S/C29H39ClF3N5O2S/c1-5-23-14-25(15-24(6-2)38(23)28(39)40-19(3)4)37(18-20-11-21(29(31,32)33)13-22(30)12-20)27-34-16-26(17-35-27)36-7-9-41-10-8-36/h11-13,16-17,19,23-25H,5-10,14-15,18H2,1-4H3/t23-,24+,25-. The Hall–Kier alpha value is -2.40. The third-order valence-corrected chi connectivity index (χ3v) is 8.86. The molecule has 2 aromatic rings. The maximum atomic E-state index is 13.6. The summed E-state index contributed by atoms with van der Waals surface area (Å²) in [6.07, 6.45) is 1.19. The van der Waals surface area contributed by atoms with Gasteiger partial charge in [0, 0.05) is 54.3 Å². The van der Waals surface area contributed by atoms with Crippen LogP contribution < -0.4 is 9.80 Å². The van der Waals surface area contributed by atoms with E-state index in [2.05, 4.69) is 4.90 Å². The maximum absolute atomic E-state index is 13.6. The Morgan fingerprint density at radius 2 is 1.71 bits per heavy atom. The SMILES string of the molecule is CC[C@@H]1C[C@@H](N(Cc2cc(Cl)cc(C(F)(F)F)c2)c2ncc(N3CCSCC3)cn2)C[C@H](CC)N1C(=O)OC(C)C. The summed E-state index contributed by atoms with van der Waals surface area (Å²) in [6.45, 7) is 9.72. The second-order valence-corrected chi connectivity index (χ2v) is 12.6. The van der Waals surface area contributed by atoms with Crippen LogP contribution in [0.25, 0.3) is 0 Å². The first-order valence-corrected chi connectivity index (χ1v) is 15.8. The van der Waals surface area contributed by atoms with Gasteiger partial charge in [0.15, 0.2) is 0 Å². The summed E-state index contributed by atoms with van der Waals surface area (Å²) in [5, 5.41) is 0.0260. The number of anilines is 2. The number of rotatable bonds is 8. The number of hydrogen-bond acceptors (Lipinski definition) is 7. The summed E-state index contributed by atoms with van der Waals surface area (Å²) in [5.74, 6) is 2.53. The molecule has 2 aliphatic rings. The molecule has 0 unspecified atom stereocenters. The largest absolute Gasteiger partial charge is 0.447 e. The second-order valence-electron chi connectivity index (χ2n) is 10.9. The van der Waals surface area contributed by atoms with Gasteiger partial charge in [0.25, 0.3) is 0 Å². The zero-order chi connectivity index (χ0) is 29.7. The normalized spacial score (nSPS) is 21.7. The van der Waals surface area contributed by atoms with E-state index in [1.165, 1.54) is 0 Å². The molecule has 7 nitrogen and oxygen atoms in total. The van der Waals surface area contributed by atoms with Crippen molar-refractivity contribution in [2.75, 3.05) is 34.4 Å². The quantitative estimate of drug-likeness (QED) is 0.310. The third-order valence-electron chi connectivity index (χ3n) is 7.70. The molecule has 2 saturated heterocycles. The first-order chi connectivity index (χ1) is 19.5. The van der Waals surface area contributed by atoms with Crippen LogP contribution in [0, 0.1) is 0 Å². The Morgan fingerprint density at radius 3 is 2.24 bits per heavy atom. The summed E-state index contributed by atoms with van der Waals surface area (Å²) < 4.78 is 46.5. The van der Waals surface area contributed by atoms with Crippen LogP contribution in [0.4, 0.5) is 29.6 Å². The van der Waals surface area contributed by atoms with Crippen LogP contribution in [0.5, 0.6) is 0 Å². The van der Waals surface area contributed by atoms with Crippen LogP contribution in [-0.2, 0) is 17.5 Å². The molecule has 2 fully saturated rings. The van der Waals surface area contributed by atoms with Gasteiger partial charge >= 0.3 is 12.3 Å². The number of likely N-dealkylation sites (tertiary alicyclic amines) is 1. The van der Waals surface area contributed by atoms with E-state index in [-0.39, 0.29) is 41.9 Å². The van der Waals surface area contributed by atoms with Gasteiger partial charge in [-0.15, -0.1) is 0 Å². The maximum Gasteiger partial charge on any atom is 0.416 e. The van der Waals surface area contributed by atoms with Crippen molar-refractivity contribution >= 4 is 41.1 Å². The summed E-state index contributed by atoms with van der Waals surface area (Å²) in [5.41, 5.74) is 0.567. The van der Waals surface area contributed by atoms with Crippen molar-refractivity contribution in [2.45, 2.75) is 90.3 Å². The zero-order valence-electron chi connectivity index (χ0n) is 24.0. The highest BCUT2D eigenvalue weighted by atomic mass is 35.5. The van der Waals surface area contributed by atoms with Gasteiger partial charge < -0.3 is 19.4 Å². The summed E-state index contributed by atoms with van der Waals surface area (Å²) in [6, 6.07) is 3.34. The van der Waals surface area contributed by atoms with Crippen LogP contribution in [0.2, 0.25) is 5.02 Å². The van der Waals surface area contributed by atoms with Crippen molar-refractivity contribution in [1.82, 2.24) is 14.9 Å². The highest BCUT2D eigenvalue weighted by Gasteiger charge is 2.41. The Balaban J connectivity index is 1.68. The molecule has 1 aromatic carbocycles. The van der Waals surface area contributed by atoms with Gasteiger partial charge in [-0.25, -0.2) is 14.8 Å². The number of hydrogen-bond donors (Lipinski definition) is 0. The molecule has 226 valence electrons. The molecule has 1 aromatic heterocycles. The fourth-order valence-electron chi connectivity index (χ4n) is 5.70. The molecule has 0 radical (unpaired) electrons. The number of piperidine rings is 1. The molecule has 3 heterocycles. The smallest absolute Gasteiger partial charge is 0.416 e. The van der Waals surface area contributed by atoms with Gasteiger partial charge in [-0.2, -0.15) is 24.9 Å². The number of benzene rings is 1. The lowest BCUT2D eigenvalue weighted by molar-refractivity contribution is -0.137. The molecule has 2 aliphatic heterocycles. The number of ether oxygens (including phenoxy) is 1. The number of thioether (sulfide) groups is 1. The lowest BCUT2D eigenvalue weighted by atomic mass is 9.87. The summed E-state index contributed by atoms with van der Waals surface area (Å²) in [7, 11) is 0. The van der Waals surface area contributed by atoms with E-state index < -0.39 is 11.7 Å². The second kappa shape index (κ2) is 13.7. The van der Waals surface area contributed by atoms with E-state index in [4.69, 9.17) is 26.3 Å². The van der Waals surface area contributed by atoms with Crippen molar-refractivity contribution in [3.05, 3.63) is 46.7 Å². The average Bonchev–Trinajstić information content (AvgIpc) is 2.94. The summed E-state index contributed by atoms with van der Waals surface area (Å²) in [4.78, 5) is 28.6. The lowest BCUT2D eigenvalue weighted by Gasteiger charge is -2.47. The minimum absolute atomic E-state index is 0.0260. The van der Waals surface area contributed by atoms with Gasteiger partial charge in [-0.3, -0.25) is 0 Å². The highest BCUT2D eigenvalue weighted by molar-refractivity contribution is 7.99. The van der Waals surface area contributed by atoms with E-state index in [0.717, 1.165) is 55.3 Å². The van der Waals surface area contributed by atoms with Gasteiger partial charge in [-0.1, -0.05) is 25.4 Å². The minimum atomic E-state index is -4.52. The number of carbonyl (C=O) groups is 1. The Morgan fingerprint density at radius 1 is 1.10 bits per heavy atom. The topological polar surface area (TPSA) is 61.8 Å². The van der Waals surface area contributed by atoms with Crippen LogP contribution in [0.15, 0.2) is 30.6 Å². The molecule has 41 heavy (non-hydrogen) atoms. The Kier molecular flexibility index (Phi) is 10.5. The number of halogens is 4. The van der Waals surface area contributed by atoms with Crippen molar-refractivity contribution in [3.63, 3.8) is 0 Å². The Bertz CT molecular complexity index is 1150. The van der Waals surface area contributed by atoms with Crippen molar-refractivity contribution in [1.29, 1.82) is 0 Å². The molecule has 0 aliphatic carbocycles. The molecule has 1 amide bonds. The molecule has 0 bridgehead atoms. The molecule has 0 N–H and O–H groups in total. The van der Waals surface area contributed by atoms with Crippen molar-refractivity contribution in [3.8, 4) is 0 Å². The first-order valence-electron chi connectivity index (χ1n) is 14.3. The molecule has 0 saturated carbocycles. The van der Waals surface area contributed by atoms with Crippen LogP contribution >= 0.6 is 23.4 Å². The number of carbonyl (C=O) groups excluding carboxylic acids is 1. The van der Waals surface area contributed by atoms with E-state index in [0.29, 0.717) is 24.4 Å². The highest BCUT2D eigenvalue weighted by Crippen LogP contribution is 2.36. The summed E-state index contributed by atoms with van der Waals surface area (Å²) >= 11 is 8.07. The van der Waals surface area contributed by atoms with Crippen molar-refractivity contribution < 1.29 is 22.7 Å². The molecule has 12 heteroatoms. The molecule has 4 rings (SSSR count). The lowest BCUT2D eigenvalue weighted by Crippen LogP contribution is -2.57. The number of aromatic nitrogens is 2. The fourth-order valence-corrected chi connectivity index (χ4v) is 6.86. The minimum Gasteiger partial charge on any atom is -0.447 e. The predicted octanol–water partition coefficient (Wildman–Crippen LogP) is 7.28. The van der Waals surface area contributed by atoms with Crippen molar-refractivity contribution in [2.24, 2.45) is 0 Å². The van der Waals surface area contributed by atoms with Gasteiger partial charge in [0.05, 0.1) is 29.7 Å². The monoisotopic (exact) mass is 613 g/mol. The van der Waals surface area contributed by atoms with E-state index in [1.54, 1.807) is 18.5 Å². The van der Waals surface area contributed by atoms with Gasteiger partial charge in [0.2, 0.25) is 5.95 Å². The third kappa shape index (κ3) is 7.91. The molecular formula is C29H39ClF3N5O2S. The van der Waals surface area contributed by atoms with E-state index in [1.807, 2.05) is 49.3 Å². The fraction of sp³-hybridized carbons (Fsp3) is 0.621. The van der Waals surface area contributed by atoms with Crippen LogP contribution in [0.1, 0.15) is 64.5 Å². The molecule has 0 spiro atoms. The number of amides is 1. The average molecular weight is 614 g/mol. The molecule has 3 atom stereocenters. The van der Waals surface area contributed by atoms with Gasteiger partial charge in [-0.05, 0) is 63.3 Å². The first kappa shape index (κ1) is 31.5. The zero-order valence-corrected chi connectivity index (χ0v) is 25.6.